The second kappa shape index (κ2) is 20.7. The lowest BCUT2D eigenvalue weighted by Crippen LogP contribution is -2.27. The van der Waals surface area contributed by atoms with Crippen molar-refractivity contribution >= 4 is 5.97 Å². The lowest BCUT2D eigenvalue weighted by Gasteiger charge is -2.24. The Bertz CT molecular complexity index is 352. The van der Waals surface area contributed by atoms with Crippen molar-refractivity contribution in [3.63, 3.8) is 0 Å². The highest BCUT2D eigenvalue weighted by Crippen LogP contribution is 2.31. The fourth-order valence-electron chi connectivity index (χ4n) is 4.34. The quantitative estimate of drug-likeness (QED) is 0.170. The van der Waals surface area contributed by atoms with Crippen LogP contribution >= 0.6 is 0 Å². The van der Waals surface area contributed by atoms with E-state index >= 15 is 0 Å². The summed E-state index contributed by atoms with van der Waals surface area (Å²) in [5.74, 6) is -0.588. The highest BCUT2D eigenvalue weighted by molar-refractivity contribution is 5.74. The van der Waals surface area contributed by atoms with E-state index in [2.05, 4.69) is 13.8 Å². The van der Waals surface area contributed by atoms with E-state index in [0.29, 0.717) is 0 Å². The molecular weight excluding hydrogens is 356 g/mol. The molecule has 0 saturated carbocycles. The smallest absolute Gasteiger partial charge is 0.309 e. The van der Waals surface area contributed by atoms with Crippen molar-refractivity contribution < 1.29 is 9.90 Å². The first-order chi connectivity index (χ1) is 14.1. The van der Waals surface area contributed by atoms with Crippen LogP contribution in [0.25, 0.3) is 0 Å². The minimum Gasteiger partial charge on any atom is -0.481 e. The minimum atomic E-state index is -0.588. The first-order valence-corrected chi connectivity index (χ1v) is 13.3. The SMILES string of the molecule is CCCCCCCCCCCCCCCCCCC(C)(CCCCCC)C(=O)O. The topological polar surface area (TPSA) is 37.3 Å². The van der Waals surface area contributed by atoms with Crippen LogP contribution in [0.4, 0.5) is 0 Å². The van der Waals surface area contributed by atoms with Crippen molar-refractivity contribution in [2.75, 3.05) is 0 Å². The second-order valence-electron chi connectivity index (χ2n) is 9.73. The van der Waals surface area contributed by atoms with Gasteiger partial charge in [0.05, 0.1) is 5.41 Å². The summed E-state index contributed by atoms with van der Waals surface area (Å²) in [5, 5.41) is 9.61. The molecule has 2 nitrogen and oxygen atoms in total. The molecular formula is C27H54O2. The van der Waals surface area contributed by atoms with Crippen molar-refractivity contribution in [3.8, 4) is 0 Å². The molecule has 0 aromatic heterocycles. The number of rotatable bonds is 23. The van der Waals surface area contributed by atoms with E-state index in [1.54, 1.807) is 0 Å². The Hall–Kier alpha value is -0.530. The lowest BCUT2D eigenvalue weighted by molar-refractivity contribution is -0.149. The van der Waals surface area contributed by atoms with Crippen LogP contribution in [-0.4, -0.2) is 11.1 Å². The Morgan fingerprint density at radius 1 is 0.517 bits per heavy atom. The zero-order valence-electron chi connectivity index (χ0n) is 20.4. The van der Waals surface area contributed by atoms with Crippen molar-refractivity contribution in [1.29, 1.82) is 0 Å². The van der Waals surface area contributed by atoms with Gasteiger partial charge in [0.15, 0.2) is 0 Å². The highest BCUT2D eigenvalue weighted by atomic mass is 16.4. The number of hydrogen-bond donors (Lipinski definition) is 1. The molecule has 29 heavy (non-hydrogen) atoms. The zero-order chi connectivity index (χ0) is 21.6. The molecule has 0 fully saturated rings. The van der Waals surface area contributed by atoms with E-state index in [1.165, 1.54) is 116 Å². The molecule has 0 saturated heterocycles. The largest absolute Gasteiger partial charge is 0.481 e. The molecule has 0 heterocycles. The first kappa shape index (κ1) is 28.5. The number of hydrogen-bond acceptors (Lipinski definition) is 1. The summed E-state index contributed by atoms with van der Waals surface area (Å²) in [6.45, 7) is 6.45. The van der Waals surface area contributed by atoms with Gasteiger partial charge in [0.2, 0.25) is 0 Å². The average Bonchev–Trinajstić information content (AvgIpc) is 2.71. The van der Waals surface area contributed by atoms with Crippen LogP contribution < -0.4 is 0 Å². The maximum absolute atomic E-state index is 11.7. The number of carboxylic acid groups (broad SMARTS) is 1. The lowest BCUT2D eigenvalue weighted by atomic mass is 9.80. The summed E-state index contributed by atoms with van der Waals surface area (Å²) < 4.78 is 0. The van der Waals surface area contributed by atoms with E-state index in [0.717, 1.165) is 25.7 Å². The van der Waals surface area contributed by atoms with Gasteiger partial charge in [-0.1, -0.05) is 142 Å². The molecule has 0 spiro atoms. The van der Waals surface area contributed by atoms with Gasteiger partial charge in [-0.05, 0) is 19.8 Å². The van der Waals surface area contributed by atoms with Crippen LogP contribution in [0.2, 0.25) is 0 Å². The van der Waals surface area contributed by atoms with E-state index < -0.39 is 11.4 Å². The van der Waals surface area contributed by atoms with Crippen LogP contribution in [0.1, 0.15) is 162 Å². The van der Waals surface area contributed by atoms with Gasteiger partial charge in [-0.25, -0.2) is 0 Å². The fraction of sp³-hybridized carbons (Fsp3) is 0.963. The van der Waals surface area contributed by atoms with Crippen LogP contribution in [0.3, 0.4) is 0 Å². The number of carbonyl (C=O) groups is 1. The van der Waals surface area contributed by atoms with Gasteiger partial charge in [0.25, 0.3) is 0 Å². The molecule has 0 radical (unpaired) electrons. The molecule has 1 atom stereocenters. The van der Waals surface area contributed by atoms with Crippen molar-refractivity contribution in [1.82, 2.24) is 0 Å². The maximum atomic E-state index is 11.7. The van der Waals surface area contributed by atoms with Crippen LogP contribution in [0, 0.1) is 5.41 Å². The van der Waals surface area contributed by atoms with E-state index in [1.807, 2.05) is 6.92 Å². The molecule has 0 aromatic rings. The summed E-state index contributed by atoms with van der Waals surface area (Å²) in [6.07, 6.45) is 28.3. The molecule has 0 aliphatic heterocycles. The Morgan fingerprint density at radius 2 is 0.759 bits per heavy atom. The fourth-order valence-corrected chi connectivity index (χ4v) is 4.34. The first-order valence-electron chi connectivity index (χ1n) is 13.3. The third-order valence-corrected chi connectivity index (χ3v) is 6.68. The summed E-state index contributed by atoms with van der Waals surface area (Å²) in [4.78, 5) is 11.7. The summed E-state index contributed by atoms with van der Waals surface area (Å²) in [5.41, 5.74) is -0.496. The van der Waals surface area contributed by atoms with Gasteiger partial charge >= 0.3 is 5.97 Å². The molecule has 0 amide bonds. The molecule has 1 N–H and O–H groups in total. The molecule has 0 bridgehead atoms. The summed E-state index contributed by atoms with van der Waals surface area (Å²) in [6, 6.07) is 0. The summed E-state index contributed by atoms with van der Waals surface area (Å²) >= 11 is 0. The third kappa shape index (κ3) is 18.0. The minimum absolute atomic E-state index is 0.496. The van der Waals surface area contributed by atoms with Gasteiger partial charge in [0.1, 0.15) is 0 Å². The normalized spacial score (nSPS) is 13.5. The molecule has 2 heteroatoms. The molecule has 174 valence electrons. The number of carboxylic acids is 1. The monoisotopic (exact) mass is 410 g/mol. The standard InChI is InChI=1S/C27H54O2/c1-4-6-8-10-11-12-13-14-15-16-17-18-19-20-21-23-25-27(3,26(28)29)24-22-9-7-5-2/h4-25H2,1-3H3,(H,28,29). The molecule has 0 aliphatic rings. The highest BCUT2D eigenvalue weighted by Gasteiger charge is 2.31. The van der Waals surface area contributed by atoms with Gasteiger partial charge < -0.3 is 5.11 Å². The Morgan fingerprint density at radius 3 is 1.03 bits per heavy atom. The zero-order valence-corrected chi connectivity index (χ0v) is 20.4. The Kier molecular flexibility index (Phi) is 20.4. The van der Waals surface area contributed by atoms with Crippen LogP contribution in [0.15, 0.2) is 0 Å². The van der Waals surface area contributed by atoms with E-state index in [-0.39, 0.29) is 0 Å². The molecule has 0 aromatic carbocycles. The van der Waals surface area contributed by atoms with Crippen molar-refractivity contribution in [3.05, 3.63) is 0 Å². The van der Waals surface area contributed by atoms with Gasteiger partial charge in [-0.15, -0.1) is 0 Å². The van der Waals surface area contributed by atoms with E-state index in [4.69, 9.17) is 0 Å². The average molecular weight is 411 g/mol. The number of unbranched alkanes of at least 4 members (excludes halogenated alkanes) is 18. The predicted molar refractivity (Wildman–Crippen MR) is 129 cm³/mol. The van der Waals surface area contributed by atoms with Crippen molar-refractivity contribution in [2.45, 2.75) is 162 Å². The summed E-state index contributed by atoms with van der Waals surface area (Å²) in [7, 11) is 0. The second-order valence-corrected chi connectivity index (χ2v) is 9.73. The van der Waals surface area contributed by atoms with Crippen molar-refractivity contribution in [2.24, 2.45) is 5.41 Å². The van der Waals surface area contributed by atoms with Gasteiger partial charge in [0, 0.05) is 0 Å². The van der Waals surface area contributed by atoms with Crippen LogP contribution in [0.5, 0.6) is 0 Å². The van der Waals surface area contributed by atoms with Crippen LogP contribution in [-0.2, 0) is 4.79 Å². The number of aliphatic carboxylic acids is 1. The molecule has 1 unspecified atom stereocenters. The molecule has 0 rings (SSSR count). The Balaban J connectivity index is 3.45. The third-order valence-electron chi connectivity index (χ3n) is 6.68. The maximum Gasteiger partial charge on any atom is 0.309 e. The van der Waals surface area contributed by atoms with Gasteiger partial charge in [-0.3, -0.25) is 4.79 Å². The Labute approximate surface area is 183 Å². The molecule has 0 aliphatic carbocycles. The van der Waals surface area contributed by atoms with E-state index in [9.17, 15) is 9.90 Å². The van der Waals surface area contributed by atoms with Gasteiger partial charge in [-0.2, -0.15) is 0 Å². The predicted octanol–water partition coefficient (Wildman–Crippen LogP) is 9.70.